The van der Waals surface area contributed by atoms with E-state index in [0.717, 1.165) is 24.8 Å². The van der Waals surface area contributed by atoms with E-state index in [1.165, 1.54) is 5.57 Å². The zero-order chi connectivity index (χ0) is 18.0. The average Bonchev–Trinajstić information content (AvgIpc) is 2.76. The molecule has 2 fully saturated rings. The Kier molecular flexibility index (Phi) is 3.87. The van der Waals surface area contributed by atoms with Crippen molar-refractivity contribution in [2.24, 2.45) is 28.6 Å². The van der Waals surface area contributed by atoms with Crippen LogP contribution in [0.15, 0.2) is 35.5 Å². The van der Waals surface area contributed by atoms with Gasteiger partial charge in [0.1, 0.15) is 6.17 Å². The van der Waals surface area contributed by atoms with Crippen LogP contribution in [0.4, 0.5) is 4.39 Å². The van der Waals surface area contributed by atoms with Crippen molar-refractivity contribution in [3.63, 3.8) is 0 Å². The first-order valence-electron chi connectivity index (χ1n) is 9.84. The smallest absolute Gasteiger partial charge is 0.123 e. The first kappa shape index (κ1) is 17.5. The van der Waals surface area contributed by atoms with Crippen molar-refractivity contribution in [2.75, 3.05) is 6.61 Å². The van der Waals surface area contributed by atoms with Crippen molar-refractivity contribution in [2.45, 2.75) is 64.6 Å². The second kappa shape index (κ2) is 5.53. The van der Waals surface area contributed by atoms with E-state index >= 15 is 4.39 Å². The molecule has 2 N–H and O–H groups in total. The number of aliphatic hydroxyl groups excluding tert-OH is 1. The van der Waals surface area contributed by atoms with E-state index in [9.17, 15) is 10.2 Å². The zero-order valence-electron chi connectivity index (χ0n) is 15.6. The van der Waals surface area contributed by atoms with Gasteiger partial charge in [-0.1, -0.05) is 43.7 Å². The molecule has 0 spiro atoms. The standard InChI is InChI=1S/C22H31FO2/c1-14-12-18-15-13-19(23)17-6-4-5-8-20(17,2)16(15)7-9-21(18,3)22(14,25)10-11-24/h5-8,14-15,18-19,24-25H,4,9-13H2,1-3H3/t14?,15-,18+,19?,20-,21+,22-/m1/s1. The van der Waals surface area contributed by atoms with E-state index in [0.29, 0.717) is 12.8 Å². The fourth-order valence-electron chi connectivity index (χ4n) is 6.81. The Morgan fingerprint density at radius 3 is 2.68 bits per heavy atom. The normalized spacial score (nSPS) is 51.3. The summed E-state index contributed by atoms with van der Waals surface area (Å²) in [6.07, 6.45) is 11.4. The number of rotatable bonds is 2. The van der Waals surface area contributed by atoms with Crippen LogP contribution in [0.3, 0.4) is 0 Å². The molecule has 138 valence electrons. The SMILES string of the molecule is CC1C[C@H]2[C@@H]3CC(F)C4=CCC=C[C@]4(C)C3=CC[C@]2(C)[C@@]1(O)CCO. The highest BCUT2D eigenvalue weighted by Crippen LogP contribution is 2.67. The molecule has 0 radical (unpaired) electrons. The maximum Gasteiger partial charge on any atom is 0.123 e. The molecule has 0 saturated heterocycles. The van der Waals surface area contributed by atoms with Crippen LogP contribution in [0.25, 0.3) is 0 Å². The van der Waals surface area contributed by atoms with Gasteiger partial charge in [0.25, 0.3) is 0 Å². The lowest BCUT2D eigenvalue weighted by molar-refractivity contribution is -0.113. The Bertz CT molecular complexity index is 665. The molecule has 2 unspecified atom stereocenters. The largest absolute Gasteiger partial charge is 0.396 e. The summed E-state index contributed by atoms with van der Waals surface area (Å²) in [5.74, 6) is 0.604. The Labute approximate surface area is 150 Å². The third-order valence-electron chi connectivity index (χ3n) is 8.28. The third kappa shape index (κ3) is 2.09. The van der Waals surface area contributed by atoms with Gasteiger partial charge in [0, 0.05) is 23.9 Å². The molecule has 2 saturated carbocycles. The maximum atomic E-state index is 15.1. The summed E-state index contributed by atoms with van der Waals surface area (Å²) in [6, 6.07) is 0. The number of alkyl halides is 1. The summed E-state index contributed by atoms with van der Waals surface area (Å²) in [5.41, 5.74) is 0.880. The van der Waals surface area contributed by atoms with Crippen LogP contribution in [-0.2, 0) is 0 Å². The van der Waals surface area contributed by atoms with Gasteiger partial charge in [-0.05, 0) is 55.9 Å². The van der Waals surface area contributed by atoms with Gasteiger partial charge in [0.15, 0.2) is 0 Å². The van der Waals surface area contributed by atoms with E-state index in [1.807, 2.05) is 0 Å². The second-order valence-electron chi connectivity index (χ2n) is 9.23. The molecule has 4 aliphatic carbocycles. The van der Waals surface area contributed by atoms with E-state index in [-0.39, 0.29) is 35.2 Å². The summed E-state index contributed by atoms with van der Waals surface area (Å²) < 4.78 is 15.1. The first-order chi connectivity index (χ1) is 11.8. The zero-order valence-corrected chi connectivity index (χ0v) is 15.6. The van der Waals surface area contributed by atoms with Crippen LogP contribution < -0.4 is 0 Å². The van der Waals surface area contributed by atoms with Crippen molar-refractivity contribution >= 4 is 0 Å². The highest BCUT2D eigenvalue weighted by atomic mass is 19.1. The van der Waals surface area contributed by atoms with Crippen LogP contribution in [0, 0.1) is 28.6 Å². The fraction of sp³-hybridized carbons (Fsp3) is 0.727. The van der Waals surface area contributed by atoms with Crippen molar-refractivity contribution in [1.29, 1.82) is 0 Å². The van der Waals surface area contributed by atoms with E-state index < -0.39 is 11.8 Å². The number of allylic oxidation sites excluding steroid dienone is 6. The van der Waals surface area contributed by atoms with E-state index in [1.54, 1.807) is 0 Å². The molecule has 25 heavy (non-hydrogen) atoms. The van der Waals surface area contributed by atoms with Crippen LogP contribution in [0.2, 0.25) is 0 Å². The van der Waals surface area contributed by atoms with Crippen molar-refractivity contribution in [3.8, 4) is 0 Å². The summed E-state index contributed by atoms with van der Waals surface area (Å²) in [6.45, 7) is 6.44. The Morgan fingerprint density at radius 2 is 1.96 bits per heavy atom. The fourth-order valence-corrected chi connectivity index (χ4v) is 6.81. The third-order valence-corrected chi connectivity index (χ3v) is 8.28. The molecular weight excluding hydrogens is 315 g/mol. The van der Waals surface area contributed by atoms with Crippen LogP contribution in [0.1, 0.15) is 52.9 Å². The molecular formula is C22H31FO2. The molecule has 7 atom stereocenters. The van der Waals surface area contributed by atoms with Gasteiger partial charge >= 0.3 is 0 Å². The van der Waals surface area contributed by atoms with Crippen molar-refractivity contribution < 1.29 is 14.6 Å². The molecule has 0 aromatic carbocycles. The Hall–Kier alpha value is -0.930. The van der Waals surface area contributed by atoms with E-state index in [2.05, 4.69) is 45.1 Å². The number of halogens is 1. The topological polar surface area (TPSA) is 40.5 Å². The number of hydrogen-bond acceptors (Lipinski definition) is 2. The molecule has 3 heteroatoms. The average molecular weight is 346 g/mol. The monoisotopic (exact) mass is 346 g/mol. The minimum atomic E-state index is -0.888. The van der Waals surface area contributed by atoms with Crippen LogP contribution >= 0.6 is 0 Å². The predicted octanol–water partition coefficient (Wildman–Crippen LogP) is 4.34. The van der Waals surface area contributed by atoms with Gasteiger partial charge in [-0.25, -0.2) is 4.39 Å². The summed E-state index contributed by atoms with van der Waals surface area (Å²) in [7, 11) is 0. The summed E-state index contributed by atoms with van der Waals surface area (Å²) in [4.78, 5) is 0. The second-order valence-corrected chi connectivity index (χ2v) is 9.23. The molecule has 0 aliphatic heterocycles. The minimum absolute atomic E-state index is 0.00344. The number of hydrogen-bond donors (Lipinski definition) is 2. The summed E-state index contributed by atoms with van der Waals surface area (Å²) >= 11 is 0. The van der Waals surface area contributed by atoms with Crippen LogP contribution in [-0.4, -0.2) is 28.6 Å². The minimum Gasteiger partial charge on any atom is -0.396 e. The van der Waals surface area contributed by atoms with Gasteiger partial charge in [-0.15, -0.1) is 0 Å². The lowest BCUT2D eigenvalue weighted by Gasteiger charge is -2.54. The molecule has 4 aliphatic rings. The van der Waals surface area contributed by atoms with Crippen molar-refractivity contribution in [1.82, 2.24) is 0 Å². The van der Waals surface area contributed by atoms with Gasteiger partial charge < -0.3 is 10.2 Å². The molecule has 4 rings (SSSR count). The van der Waals surface area contributed by atoms with Gasteiger partial charge in [0.05, 0.1) is 5.60 Å². The maximum absolute atomic E-state index is 15.1. The molecule has 0 aromatic heterocycles. The van der Waals surface area contributed by atoms with Crippen molar-refractivity contribution in [3.05, 3.63) is 35.5 Å². The lowest BCUT2D eigenvalue weighted by atomic mass is 9.51. The van der Waals surface area contributed by atoms with E-state index in [4.69, 9.17) is 0 Å². The Balaban J connectivity index is 1.79. The molecule has 0 heterocycles. The number of fused-ring (bicyclic) bond motifs is 5. The van der Waals surface area contributed by atoms with Crippen LogP contribution in [0.5, 0.6) is 0 Å². The highest BCUT2D eigenvalue weighted by molar-refractivity contribution is 5.46. The quantitative estimate of drug-likeness (QED) is 0.730. The lowest BCUT2D eigenvalue weighted by Crippen LogP contribution is -2.53. The highest BCUT2D eigenvalue weighted by Gasteiger charge is 2.64. The van der Waals surface area contributed by atoms with Gasteiger partial charge in [-0.2, -0.15) is 0 Å². The predicted molar refractivity (Wildman–Crippen MR) is 97.7 cm³/mol. The number of aliphatic hydroxyl groups is 2. The molecule has 2 nitrogen and oxygen atoms in total. The van der Waals surface area contributed by atoms with Gasteiger partial charge in [0.2, 0.25) is 0 Å². The first-order valence-corrected chi connectivity index (χ1v) is 9.84. The molecule has 0 bridgehead atoms. The Morgan fingerprint density at radius 1 is 1.20 bits per heavy atom. The molecule has 0 aromatic rings. The molecule has 0 amide bonds. The summed E-state index contributed by atoms with van der Waals surface area (Å²) in [5, 5.41) is 21.0. The van der Waals surface area contributed by atoms with Gasteiger partial charge in [-0.3, -0.25) is 0 Å².